The van der Waals surface area contributed by atoms with E-state index in [2.05, 4.69) is 57.8 Å². The summed E-state index contributed by atoms with van der Waals surface area (Å²) in [7, 11) is 0. The Kier molecular flexibility index (Phi) is 16.7. The van der Waals surface area contributed by atoms with Crippen LogP contribution in [0, 0.1) is 11.8 Å². The number of rotatable bonds is 20. The summed E-state index contributed by atoms with van der Waals surface area (Å²) < 4.78 is 5.38. The molecule has 0 aromatic heterocycles. The largest absolute Gasteiger partial charge is 0.381 e. The first-order valence-corrected chi connectivity index (χ1v) is 16.9. The zero-order valence-corrected chi connectivity index (χ0v) is 27.4. The van der Waals surface area contributed by atoms with Gasteiger partial charge in [0.15, 0.2) is 0 Å². The maximum Gasteiger partial charge on any atom is 0.246 e. The number of hydrogen-bond donors (Lipinski definition) is 5. The van der Waals surface area contributed by atoms with Crippen molar-refractivity contribution in [2.24, 2.45) is 11.8 Å². The quantitative estimate of drug-likeness (QED) is 0.112. The van der Waals surface area contributed by atoms with Crippen molar-refractivity contribution in [3.05, 3.63) is 35.4 Å². The van der Waals surface area contributed by atoms with Crippen molar-refractivity contribution in [2.45, 2.75) is 96.6 Å². The Balaban J connectivity index is 1.95. The zero-order chi connectivity index (χ0) is 31.7. The number of thioether (sulfide) groups is 1. The molecule has 1 aromatic rings. The van der Waals surface area contributed by atoms with Gasteiger partial charge in [-0.3, -0.25) is 19.2 Å². The number of carbonyl (C=O) groups is 4. The van der Waals surface area contributed by atoms with Crippen LogP contribution in [0.15, 0.2) is 24.3 Å². The van der Waals surface area contributed by atoms with Gasteiger partial charge in [0, 0.05) is 50.7 Å². The summed E-state index contributed by atoms with van der Waals surface area (Å²) in [6.45, 7) is 13.0. The number of amides is 4. The van der Waals surface area contributed by atoms with Crippen LogP contribution in [0.3, 0.4) is 0 Å². The Labute approximate surface area is 262 Å². The molecule has 1 heterocycles. The van der Waals surface area contributed by atoms with E-state index in [1.165, 1.54) is 11.1 Å². The van der Waals surface area contributed by atoms with Crippen LogP contribution in [0.1, 0.15) is 77.8 Å². The second-order valence-corrected chi connectivity index (χ2v) is 12.9. The Morgan fingerprint density at radius 2 is 1.74 bits per heavy atom. The molecule has 5 N–H and O–H groups in total. The lowest BCUT2D eigenvalue weighted by Crippen LogP contribution is -2.63. The van der Waals surface area contributed by atoms with Gasteiger partial charge in [0.2, 0.25) is 24.1 Å². The summed E-state index contributed by atoms with van der Waals surface area (Å²) in [5, 5.41) is 14.9. The number of hydrogen-bond acceptors (Lipinski definition) is 7. The van der Waals surface area contributed by atoms with E-state index in [-0.39, 0.29) is 17.7 Å². The molecule has 1 fully saturated rings. The van der Waals surface area contributed by atoms with Crippen LogP contribution in [0.4, 0.5) is 0 Å². The lowest BCUT2D eigenvalue weighted by Gasteiger charge is -2.36. The Morgan fingerprint density at radius 1 is 1.02 bits per heavy atom. The molecule has 0 unspecified atom stereocenters. The van der Waals surface area contributed by atoms with Gasteiger partial charge in [-0.05, 0) is 42.3 Å². The van der Waals surface area contributed by atoms with E-state index in [1.807, 2.05) is 27.7 Å². The molecule has 1 aromatic carbocycles. The molecule has 1 saturated heterocycles. The van der Waals surface area contributed by atoms with Crippen molar-refractivity contribution in [3.63, 3.8) is 0 Å². The van der Waals surface area contributed by atoms with Gasteiger partial charge in [-0.25, -0.2) is 0 Å². The van der Waals surface area contributed by atoms with E-state index in [0.29, 0.717) is 51.9 Å². The van der Waals surface area contributed by atoms with Crippen molar-refractivity contribution in [1.29, 1.82) is 0 Å². The maximum atomic E-state index is 13.5. The third-order valence-electron chi connectivity index (χ3n) is 7.80. The van der Waals surface area contributed by atoms with Crippen molar-refractivity contribution in [2.75, 3.05) is 32.1 Å². The number of benzene rings is 1. The topological polar surface area (TPSA) is 138 Å². The summed E-state index contributed by atoms with van der Waals surface area (Å²) in [4.78, 5) is 51.4. The van der Waals surface area contributed by atoms with E-state index >= 15 is 0 Å². The van der Waals surface area contributed by atoms with E-state index in [9.17, 15) is 19.2 Å². The molecular formula is C32H53N5O5S. The summed E-state index contributed by atoms with van der Waals surface area (Å²) in [6.07, 6.45) is 3.37. The molecule has 2 rings (SSSR count). The fourth-order valence-corrected chi connectivity index (χ4v) is 5.82. The van der Waals surface area contributed by atoms with Crippen molar-refractivity contribution < 1.29 is 23.9 Å². The lowest BCUT2D eigenvalue weighted by molar-refractivity contribution is -0.138. The Morgan fingerprint density at radius 3 is 2.40 bits per heavy atom. The third-order valence-corrected chi connectivity index (χ3v) is 8.83. The zero-order valence-electron chi connectivity index (χ0n) is 26.6. The predicted molar refractivity (Wildman–Crippen MR) is 172 cm³/mol. The van der Waals surface area contributed by atoms with E-state index in [1.54, 1.807) is 11.8 Å². The first-order chi connectivity index (χ1) is 20.7. The van der Waals surface area contributed by atoms with Gasteiger partial charge in [0.05, 0.1) is 0 Å². The Hall–Kier alpha value is -2.63. The standard InChI is InChI=1S/C32H53N5O5S/c1-6-13-33-20-25-9-8-10-26(19-25)21-43-17-14-34-30(40)28(24(5)7-2)37-29(39)27(18-23(3)4)36-31(41)32(35-22-38)11-15-42-16-12-32/h8-10,19,22-24,27-28,33H,6-7,11-18,20-21H2,1-5H3,(H,34,40)(H,35,38)(H,36,41)(H,37,39)/t24-,27-,28-/m0/s1. The number of nitrogens with one attached hydrogen (secondary N) is 5. The average Bonchev–Trinajstić information content (AvgIpc) is 2.99. The molecule has 1 aliphatic heterocycles. The second kappa shape index (κ2) is 19.6. The fourth-order valence-electron chi connectivity index (χ4n) is 5.01. The molecule has 3 atom stereocenters. The van der Waals surface area contributed by atoms with Gasteiger partial charge in [-0.1, -0.05) is 65.3 Å². The average molecular weight is 620 g/mol. The number of carbonyl (C=O) groups excluding carboxylic acids is 4. The minimum atomic E-state index is -1.12. The smallest absolute Gasteiger partial charge is 0.246 e. The van der Waals surface area contributed by atoms with Gasteiger partial charge in [-0.15, -0.1) is 0 Å². The molecule has 4 amide bonds. The van der Waals surface area contributed by atoms with Gasteiger partial charge in [-0.2, -0.15) is 11.8 Å². The van der Waals surface area contributed by atoms with Crippen LogP contribution in [-0.2, 0) is 36.2 Å². The summed E-state index contributed by atoms with van der Waals surface area (Å²) >= 11 is 1.75. The molecule has 10 nitrogen and oxygen atoms in total. The first kappa shape index (κ1) is 36.6. The lowest BCUT2D eigenvalue weighted by atomic mass is 9.88. The molecule has 0 spiro atoms. The molecule has 0 saturated carbocycles. The fraction of sp³-hybridized carbons (Fsp3) is 0.688. The van der Waals surface area contributed by atoms with Gasteiger partial charge < -0.3 is 31.3 Å². The Bertz CT molecular complexity index is 1020. The predicted octanol–water partition coefficient (Wildman–Crippen LogP) is 2.89. The van der Waals surface area contributed by atoms with Crippen LogP contribution in [-0.4, -0.2) is 73.8 Å². The molecule has 11 heteroatoms. The van der Waals surface area contributed by atoms with E-state index in [4.69, 9.17) is 4.74 Å². The highest BCUT2D eigenvalue weighted by Gasteiger charge is 2.41. The third kappa shape index (κ3) is 12.5. The minimum absolute atomic E-state index is 0.102. The van der Waals surface area contributed by atoms with Crippen LogP contribution < -0.4 is 26.6 Å². The van der Waals surface area contributed by atoms with Crippen LogP contribution in [0.5, 0.6) is 0 Å². The number of ether oxygens (including phenoxy) is 1. The van der Waals surface area contributed by atoms with Gasteiger partial charge in [0.25, 0.3) is 0 Å². The van der Waals surface area contributed by atoms with Crippen LogP contribution in [0.2, 0.25) is 0 Å². The molecule has 43 heavy (non-hydrogen) atoms. The summed E-state index contributed by atoms with van der Waals surface area (Å²) in [5.41, 5.74) is 1.40. The SMILES string of the molecule is CCCNCc1cccc(CSCCNC(=O)[C@@H](NC(=O)[C@H](CC(C)C)NC(=O)C2(NC=O)CCOCC2)[C@@H](C)CC)c1. The molecule has 0 aliphatic carbocycles. The van der Waals surface area contributed by atoms with Crippen LogP contribution in [0.25, 0.3) is 0 Å². The van der Waals surface area contributed by atoms with Crippen molar-refractivity contribution in [1.82, 2.24) is 26.6 Å². The van der Waals surface area contributed by atoms with E-state index in [0.717, 1.165) is 31.0 Å². The first-order valence-electron chi connectivity index (χ1n) is 15.7. The maximum absolute atomic E-state index is 13.5. The molecule has 1 aliphatic rings. The van der Waals surface area contributed by atoms with Crippen molar-refractivity contribution >= 4 is 35.9 Å². The van der Waals surface area contributed by atoms with E-state index < -0.39 is 29.4 Å². The molecule has 0 bridgehead atoms. The minimum Gasteiger partial charge on any atom is -0.381 e. The van der Waals surface area contributed by atoms with Gasteiger partial charge in [0.1, 0.15) is 17.6 Å². The molecule has 242 valence electrons. The van der Waals surface area contributed by atoms with Gasteiger partial charge >= 0.3 is 0 Å². The molecular weight excluding hydrogens is 566 g/mol. The monoisotopic (exact) mass is 619 g/mol. The normalized spacial score (nSPS) is 16.5. The van der Waals surface area contributed by atoms with Crippen LogP contribution >= 0.6 is 11.8 Å². The summed E-state index contributed by atoms with van der Waals surface area (Å²) in [6, 6.07) is 6.97. The summed E-state index contributed by atoms with van der Waals surface area (Å²) in [5.74, 6) is 0.562. The van der Waals surface area contributed by atoms with Crippen molar-refractivity contribution in [3.8, 4) is 0 Å². The highest BCUT2D eigenvalue weighted by Crippen LogP contribution is 2.22. The second-order valence-electron chi connectivity index (χ2n) is 11.8. The molecule has 0 radical (unpaired) electrons. The highest BCUT2D eigenvalue weighted by atomic mass is 32.2. The highest BCUT2D eigenvalue weighted by molar-refractivity contribution is 7.98.